The molecule has 4 aliphatic rings. The second-order valence-corrected chi connectivity index (χ2v) is 11.8. The van der Waals surface area contributed by atoms with E-state index in [1.165, 1.54) is 4.57 Å². The Kier molecular flexibility index (Phi) is 6.78. The molecule has 1 saturated heterocycles. The van der Waals surface area contributed by atoms with Crippen LogP contribution in [0.3, 0.4) is 0 Å². The van der Waals surface area contributed by atoms with Gasteiger partial charge in [0.2, 0.25) is 11.8 Å². The summed E-state index contributed by atoms with van der Waals surface area (Å²) < 4.78 is 8.55. The lowest BCUT2D eigenvalue weighted by atomic mass is 9.81. The van der Waals surface area contributed by atoms with Crippen molar-refractivity contribution in [3.8, 4) is 5.75 Å². The second-order valence-electron chi connectivity index (χ2n) is 11.8. The number of methoxy groups -OCH3 is 1. The maximum Gasteiger partial charge on any atom is 0.331 e. The summed E-state index contributed by atoms with van der Waals surface area (Å²) in [5.74, 6) is 1.96. The maximum absolute atomic E-state index is 13.5. The molecule has 0 radical (unpaired) electrons. The first-order valence-corrected chi connectivity index (χ1v) is 14.3. The Morgan fingerprint density at radius 1 is 0.763 bits per heavy atom. The molecule has 0 unspecified atom stereocenters. The van der Waals surface area contributed by atoms with Gasteiger partial charge in [0.25, 0.3) is 5.56 Å². The fourth-order valence-electron chi connectivity index (χ4n) is 6.27. The van der Waals surface area contributed by atoms with Crippen LogP contribution in [0, 0.1) is 23.7 Å². The predicted molar refractivity (Wildman–Crippen MR) is 143 cm³/mol. The van der Waals surface area contributed by atoms with Gasteiger partial charge in [-0.05, 0) is 81.4 Å². The molecule has 3 saturated carbocycles. The molecule has 0 bridgehead atoms. The van der Waals surface area contributed by atoms with Crippen molar-refractivity contribution in [2.75, 3.05) is 33.3 Å². The average molecular weight is 523 g/mol. The van der Waals surface area contributed by atoms with Crippen LogP contribution in [0.4, 0.5) is 0 Å². The summed E-state index contributed by atoms with van der Waals surface area (Å²) in [6, 6.07) is 5.37. The molecule has 1 aliphatic heterocycles. The number of carbonyl (C=O) groups is 2. The third kappa shape index (κ3) is 4.99. The molecule has 1 aromatic carbocycles. The summed E-state index contributed by atoms with van der Waals surface area (Å²) in [5.41, 5.74) is 0.196. The number of benzene rings is 1. The quantitative estimate of drug-likeness (QED) is 0.557. The Labute approximate surface area is 222 Å². The van der Waals surface area contributed by atoms with Crippen molar-refractivity contribution in [3.63, 3.8) is 0 Å². The monoisotopic (exact) mass is 522 g/mol. The van der Waals surface area contributed by atoms with Gasteiger partial charge in [-0.25, -0.2) is 4.79 Å². The summed E-state index contributed by atoms with van der Waals surface area (Å²) >= 11 is 0. The molecule has 9 heteroatoms. The molecule has 1 aromatic heterocycles. The van der Waals surface area contributed by atoms with Gasteiger partial charge in [-0.1, -0.05) is 0 Å². The van der Waals surface area contributed by atoms with Crippen molar-refractivity contribution in [3.05, 3.63) is 39.0 Å². The van der Waals surface area contributed by atoms with E-state index in [9.17, 15) is 19.2 Å². The molecular weight excluding hydrogens is 484 g/mol. The Balaban J connectivity index is 1.11. The molecule has 2 amide bonds. The highest BCUT2D eigenvalue weighted by Crippen LogP contribution is 2.34. The van der Waals surface area contributed by atoms with Crippen LogP contribution >= 0.6 is 0 Å². The van der Waals surface area contributed by atoms with E-state index in [1.807, 2.05) is 15.9 Å². The summed E-state index contributed by atoms with van der Waals surface area (Å²) in [5, 5.41) is 0.521. The van der Waals surface area contributed by atoms with E-state index in [2.05, 4.69) is 0 Å². The Morgan fingerprint density at radius 3 is 1.76 bits per heavy atom. The number of hydrogen-bond donors (Lipinski definition) is 0. The zero-order valence-electron chi connectivity index (χ0n) is 22.3. The Hall–Kier alpha value is -3.10. The van der Waals surface area contributed by atoms with E-state index in [0.717, 1.165) is 51.4 Å². The standard InChI is InChI=1S/C29H38N4O5/c1-38-23-10-11-25-24(16-23)28(36)33(29(37)32(25)17-19-2-3-19)18-20-4-6-21(7-5-20)26(34)30-12-14-31(15-13-30)27(35)22-8-9-22/h10-11,16,19-22H,2-9,12-15,17-18H2,1H3. The van der Waals surface area contributed by atoms with Crippen molar-refractivity contribution in [2.24, 2.45) is 23.7 Å². The van der Waals surface area contributed by atoms with E-state index < -0.39 is 0 Å². The van der Waals surface area contributed by atoms with Gasteiger partial charge in [0.05, 0.1) is 18.0 Å². The largest absolute Gasteiger partial charge is 0.497 e. The molecule has 4 fully saturated rings. The molecule has 2 aromatic rings. The zero-order valence-corrected chi connectivity index (χ0v) is 22.3. The van der Waals surface area contributed by atoms with Crippen LogP contribution in [0.1, 0.15) is 51.4 Å². The first kappa shape index (κ1) is 25.2. The Morgan fingerprint density at radius 2 is 1.26 bits per heavy atom. The van der Waals surface area contributed by atoms with Crippen molar-refractivity contribution < 1.29 is 14.3 Å². The molecule has 0 N–H and O–H groups in total. The predicted octanol–water partition coefficient (Wildman–Crippen LogP) is 2.47. The van der Waals surface area contributed by atoms with Gasteiger partial charge in [0, 0.05) is 51.1 Å². The molecule has 204 valence electrons. The highest BCUT2D eigenvalue weighted by molar-refractivity contribution is 5.82. The topological polar surface area (TPSA) is 93.8 Å². The summed E-state index contributed by atoms with van der Waals surface area (Å²) in [6.07, 6.45) is 7.45. The van der Waals surface area contributed by atoms with Crippen LogP contribution in [-0.4, -0.2) is 64.0 Å². The van der Waals surface area contributed by atoms with E-state index in [-0.39, 0.29) is 40.8 Å². The number of amides is 2. The van der Waals surface area contributed by atoms with Gasteiger partial charge in [0.15, 0.2) is 0 Å². The number of nitrogens with zero attached hydrogens (tertiary/aromatic N) is 4. The van der Waals surface area contributed by atoms with Gasteiger partial charge in [-0.2, -0.15) is 0 Å². The highest BCUT2D eigenvalue weighted by Gasteiger charge is 2.37. The van der Waals surface area contributed by atoms with Crippen LogP contribution < -0.4 is 16.0 Å². The van der Waals surface area contributed by atoms with Gasteiger partial charge in [-0.3, -0.25) is 23.5 Å². The summed E-state index contributed by atoms with van der Waals surface area (Å²) in [4.78, 5) is 56.3. The van der Waals surface area contributed by atoms with Gasteiger partial charge in [-0.15, -0.1) is 0 Å². The molecule has 9 nitrogen and oxygen atoms in total. The van der Waals surface area contributed by atoms with Crippen molar-refractivity contribution >= 4 is 22.7 Å². The molecule has 0 spiro atoms. The van der Waals surface area contributed by atoms with Crippen LogP contribution in [0.5, 0.6) is 5.75 Å². The smallest absolute Gasteiger partial charge is 0.331 e. The van der Waals surface area contributed by atoms with Gasteiger partial charge >= 0.3 is 5.69 Å². The second kappa shape index (κ2) is 10.2. The van der Waals surface area contributed by atoms with E-state index in [1.54, 1.807) is 23.8 Å². The van der Waals surface area contributed by atoms with Crippen molar-refractivity contribution in [2.45, 2.75) is 64.5 Å². The first-order chi connectivity index (χ1) is 18.4. The molecule has 0 atom stereocenters. The lowest BCUT2D eigenvalue weighted by Gasteiger charge is -2.38. The van der Waals surface area contributed by atoms with Gasteiger partial charge < -0.3 is 14.5 Å². The van der Waals surface area contributed by atoms with Crippen LogP contribution in [0.15, 0.2) is 27.8 Å². The third-order valence-electron chi connectivity index (χ3n) is 9.04. The fraction of sp³-hybridized carbons (Fsp3) is 0.655. The lowest BCUT2D eigenvalue weighted by Crippen LogP contribution is -2.52. The average Bonchev–Trinajstić information content (AvgIpc) is 3.88. The SMILES string of the molecule is COc1ccc2c(c1)c(=O)n(CC1CCC(C(=O)N3CCN(C(=O)C4CC4)CC3)CC1)c(=O)n2CC1CC1. The fourth-order valence-corrected chi connectivity index (χ4v) is 6.27. The van der Waals surface area contributed by atoms with Crippen molar-refractivity contribution in [1.82, 2.24) is 18.9 Å². The Bertz CT molecular complexity index is 1340. The van der Waals surface area contributed by atoms with E-state index >= 15 is 0 Å². The molecular formula is C29H38N4O5. The number of fused-ring (bicyclic) bond motifs is 1. The van der Waals surface area contributed by atoms with E-state index in [0.29, 0.717) is 61.8 Å². The number of hydrogen-bond acceptors (Lipinski definition) is 5. The normalized spacial score (nSPS) is 24.0. The minimum absolute atomic E-state index is 0.0129. The van der Waals surface area contributed by atoms with Crippen LogP contribution in [0.25, 0.3) is 10.9 Å². The number of rotatable bonds is 7. The third-order valence-corrected chi connectivity index (χ3v) is 9.04. The number of aromatic nitrogens is 2. The number of ether oxygens (including phenoxy) is 1. The van der Waals surface area contributed by atoms with Crippen LogP contribution in [-0.2, 0) is 22.7 Å². The highest BCUT2D eigenvalue weighted by atomic mass is 16.5. The number of carbonyl (C=O) groups excluding carboxylic acids is 2. The number of piperazine rings is 1. The van der Waals surface area contributed by atoms with Crippen LogP contribution in [0.2, 0.25) is 0 Å². The maximum atomic E-state index is 13.5. The molecule has 6 rings (SSSR count). The first-order valence-electron chi connectivity index (χ1n) is 14.3. The molecule has 3 aliphatic carbocycles. The molecule has 38 heavy (non-hydrogen) atoms. The zero-order chi connectivity index (χ0) is 26.4. The van der Waals surface area contributed by atoms with E-state index in [4.69, 9.17) is 4.74 Å². The summed E-state index contributed by atoms with van der Waals surface area (Å²) in [6.45, 7) is 3.54. The minimum atomic E-state index is -0.257. The lowest BCUT2D eigenvalue weighted by molar-refractivity contribution is -0.143. The van der Waals surface area contributed by atoms with Gasteiger partial charge in [0.1, 0.15) is 5.75 Å². The molecule has 2 heterocycles. The van der Waals surface area contributed by atoms with Crippen molar-refractivity contribution in [1.29, 1.82) is 0 Å². The minimum Gasteiger partial charge on any atom is -0.497 e. The summed E-state index contributed by atoms with van der Waals surface area (Å²) in [7, 11) is 1.58.